The SMILES string of the molecule is CCc1cc(CN(C)C(=O)c2ccc(-c3cccc4nc(C)ccc34)cc2)on1. The second-order valence-electron chi connectivity index (χ2n) is 7.20. The van der Waals surface area contributed by atoms with E-state index in [1.54, 1.807) is 11.9 Å². The summed E-state index contributed by atoms with van der Waals surface area (Å²) in [5.41, 5.74) is 5.67. The van der Waals surface area contributed by atoms with Crippen LogP contribution in [0.5, 0.6) is 0 Å². The Bertz CT molecular complexity index is 1160. The minimum atomic E-state index is -0.0544. The van der Waals surface area contributed by atoms with Crippen LogP contribution in [0.2, 0.25) is 0 Å². The van der Waals surface area contributed by atoms with Gasteiger partial charge < -0.3 is 9.42 Å². The Morgan fingerprint density at radius 1 is 1.07 bits per heavy atom. The summed E-state index contributed by atoms with van der Waals surface area (Å²) in [6, 6.07) is 19.8. The first-order valence-corrected chi connectivity index (χ1v) is 9.72. The number of carbonyl (C=O) groups is 1. The first-order valence-electron chi connectivity index (χ1n) is 9.72. The van der Waals surface area contributed by atoms with Crippen LogP contribution < -0.4 is 0 Å². The number of hydrogen-bond acceptors (Lipinski definition) is 4. The summed E-state index contributed by atoms with van der Waals surface area (Å²) in [6.45, 7) is 4.40. The normalized spacial score (nSPS) is 11.0. The lowest BCUT2D eigenvalue weighted by Gasteiger charge is -2.15. The van der Waals surface area contributed by atoms with Crippen LogP contribution >= 0.6 is 0 Å². The van der Waals surface area contributed by atoms with Gasteiger partial charge in [0.2, 0.25) is 0 Å². The highest BCUT2D eigenvalue weighted by Crippen LogP contribution is 2.28. The Morgan fingerprint density at radius 2 is 1.86 bits per heavy atom. The van der Waals surface area contributed by atoms with Gasteiger partial charge in [-0.15, -0.1) is 0 Å². The molecule has 0 N–H and O–H groups in total. The molecule has 0 aliphatic heterocycles. The third-order valence-electron chi connectivity index (χ3n) is 5.02. The summed E-state index contributed by atoms with van der Waals surface area (Å²) in [6.07, 6.45) is 0.811. The first-order chi connectivity index (χ1) is 14.0. The zero-order valence-corrected chi connectivity index (χ0v) is 16.8. The molecule has 0 fully saturated rings. The van der Waals surface area contributed by atoms with Gasteiger partial charge in [-0.2, -0.15) is 0 Å². The Balaban J connectivity index is 1.55. The van der Waals surface area contributed by atoms with Crippen molar-refractivity contribution in [3.63, 3.8) is 0 Å². The van der Waals surface area contributed by atoms with E-state index in [1.807, 2.05) is 62.4 Å². The van der Waals surface area contributed by atoms with Crippen LogP contribution in [0.3, 0.4) is 0 Å². The standard InChI is InChI=1S/C24H23N3O2/c1-4-19-14-20(29-26-19)15-27(3)24(28)18-11-9-17(10-12-18)21-6-5-7-23-22(21)13-8-16(2)25-23/h5-14H,4,15H2,1-3H3. The monoisotopic (exact) mass is 385 g/mol. The minimum absolute atomic E-state index is 0.0544. The Morgan fingerprint density at radius 3 is 2.59 bits per heavy atom. The quantitative estimate of drug-likeness (QED) is 0.483. The Hall–Kier alpha value is -3.47. The highest BCUT2D eigenvalue weighted by atomic mass is 16.5. The van der Waals surface area contributed by atoms with Gasteiger partial charge in [-0.1, -0.05) is 42.4 Å². The lowest BCUT2D eigenvalue weighted by Crippen LogP contribution is -2.25. The van der Waals surface area contributed by atoms with Gasteiger partial charge >= 0.3 is 0 Å². The summed E-state index contributed by atoms with van der Waals surface area (Å²) < 4.78 is 5.29. The van der Waals surface area contributed by atoms with Crippen molar-refractivity contribution in [2.24, 2.45) is 0 Å². The van der Waals surface area contributed by atoms with Gasteiger partial charge in [0.1, 0.15) is 0 Å². The predicted octanol–water partition coefficient (Wildman–Crippen LogP) is 5.03. The number of rotatable bonds is 5. The van der Waals surface area contributed by atoms with Gasteiger partial charge in [0, 0.05) is 29.8 Å². The topological polar surface area (TPSA) is 59.2 Å². The zero-order chi connectivity index (χ0) is 20.4. The fourth-order valence-corrected chi connectivity index (χ4v) is 3.42. The molecule has 1 amide bonds. The van der Waals surface area contributed by atoms with E-state index in [2.05, 4.69) is 22.3 Å². The number of aryl methyl sites for hydroxylation is 2. The maximum atomic E-state index is 12.8. The number of amides is 1. The third kappa shape index (κ3) is 3.90. The van der Waals surface area contributed by atoms with E-state index >= 15 is 0 Å². The minimum Gasteiger partial charge on any atom is -0.359 e. The average molecular weight is 385 g/mol. The summed E-state index contributed by atoms with van der Waals surface area (Å²) >= 11 is 0. The van der Waals surface area contributed by atoms with Crippen LogP contribution in [0.4, 0.5) is 0 Å². The van der Waals surface area contributed by atoms with E-state index < -0.39 is 0 Å². The largest absolute Gasteiger partial charge is 0.359 e. The molecule has 2 heterocycles. The van der Waals surface area contributed by atoms with Gasteiger partial charge in [0.05, 0.1) is 17.8 Å². The molecule has 5 heteroatoms. The molecule has 146 valence electrons. The van der Waals surface area contributed by atoms with Gasteiger partial charge in [-0.3, -0.25) is 9.78 Å². The summed E-state index contributed by atoms with van der Waals surface area (Å²) in [7, 11) is 1.77. The fourth-order valence-electron chi connectivity index (χ4n) is 3.42. The second-order valence-corrected chi connectivity index (χ2v) is 7.20. The molecule has 0 spiro atoms. The maximum Gasteiger partial charge on any atom is 0.254 e. The Kier molecular flexibility index (Phi) is 5.12. The molecule has 0 bridgehead atoms. The number of carbonyl (C=O) groups excluding carboxylic acids is 1. The van der Waals surface area contributed by atoms with E-state index in [1.165, 1.54) is 0 Å². The van der Waals surface area contributed by atoms with Crippen molar-refractivity contribution in [3.05, 3.63) is 83.4 Å². The molecule has 0 saturated heterocycles. The molecule has 4 rings (SSSR count). The zero-order valence-electron chi connectivity index (χ0n) is 16.8. The average Bonchev–Trinajstić information content (AvgIpc) is 3.20. The van der Waals surface area contributed by atoms with Crippen LogP contribution in [0, 0.1) is 6.92 Å². The third-order valence-corrected chi connectivity index (χ3v) is 5.02. The molecular formula is C24H23N3O2. The smallest absolute Gasteiger partial charge is 0.254 e. The number of fused-ring (bicyclic) bond motifs is 1. The first kappa shape index (κ1) is 18.9. The molecule has 0 atom stereocenters. The number of benzene rings is 2. The molecule has 0 radical (unpaired) electrons. The summed E-state index contributed by atoms with van der Waals surface area (Å²) in [5.74, 6) is 0.633. The molecule has 0 aliphatic carbocycles. The van der Waals surface area contributed by atoms with Crippen molar-refractivity contribution in [2.75, 3.05) is 7.05 Å². The van der Waals surface area contributed by atoms with Crippen molar-refractivity contribution >= 4 is 16.8 Å². The van der Waals surface area contributed by atoms with Crippen molar-refractivity contribution < 1.29 is 9.32 Å². The Labute approximate surface area is 170 Å². The number of pyridine rings is 1. The molecule has 0 aliphatic rings. The summed E-state index contributed by atoms with van der Waals surface area (Å²) in [4.78, 5) is 19.0. The lowest BCUT2D eigenvalue weighted by molar-refractivity contribution is 0.0772. The molecule has 4 aromatic rings. The lowest BCUT2D eigenvalue weighted by atomic mass is 9.99. The van der Waals surface area contributed by atoms with E-state index in [-0.39, 0.29) is 5.91 Å². The van der Waals surface area contributed by atoms with Gasteiger partial charge in [0.25, 0.3) is 5.91 Å². The molecule has 0 saturated carbocycles. The fraction of sp³-hybridized carbons (Fsp3) is 0.208. The van der Waals surface area contributed by atoms with Gasteiger partial charge in [-0.05, 0) is 48.7 Å². The van der Waals surface area contributed by atoms with E-state index in [0.717, 1.165) is 39.8 Å². The number of aromatic nitrogens is 2. The molecule has 2 aromatic heterocycles. The number of hydrogen-bond donors (Lipinski definition) is 0. The molecule has 0 unspecified atom stereocenters. The van der Waals surface area contributed by atoms with Crippen LogP contribution in [0.1, 0.15) is 34.4 Å². The molecule has 29 heavy (non-hydrogen) atoms. The van der Waals surface area contributed by atoms with E-state index in [4.69, 9.17) is 4.52 Å². The van der Waals surface area contributed by atoms with E-state index in [0.29, 0.717) is 17.9 Å². The molecular weight excluding hydrogens is 362 g/mol. The highest BCUT2D eigenvalue weighted by Gasteiger charge is 2.15. The number of nitrogens with zero attached hydrogens (tertiary/aromatic N) is 3. The van der Waals surface area contributed by atoms with Gasteiger partial charge in [-0.25, -0.2) is 0 Å². The van der Waals surface area contributed by atoms with E-state index in [9.17, 15) is 4.79 Å². The van der Waals surface area contributed by atoms with Crippen LogP contribution in [-0.4, -0.2) is 28.0 Å². The van der Waals surface area contributed by atoms with Crippen molar-refractivity contribution in [1.82, 2.24) is 15.0 Å². The maximum absolute atomic E-state index is 12.8. The second kappa shape index (κ2) is 7.87. The van der Waals surface area contributed by atoms with Crippen LogP contribution in [0.15, 0.2) is 65.2 Å². The van der Waals surface area contributed by atoms with Crippen LogP contribution in [0.25, 0.3) is 22.0 Å². The molecule has 2 aromatic carbocycles. The van der Waals surface area contributed by atoms with Crippen molar-refractivity contribution in [1.29, 1.82) is 0 Å². The van der Waals surface area contributed by atoms with Gasteiger partial charge in [0.15, 0.2) is 5.76 Å². The molecule has 5 nitrogen and oxygen atoms in total. The summed E-state index contributed by atoms with van der Waals surface area (Å²) in [5, 5.41) is 5.08. The van der Waals surface area contributed by atoms with Crippen molar-refractivity contribution in [2.45, 2.75) is 26.8 Å². The van der Waals surface area contributed by atoms with Crippen LogP contribution in [-0.2, 0) is 13.0 Å². The predicted molar refractivity (Wildman–Crippen MR) is 114 cm³/mol. The highest BCUT2D eigenvalue weighted by molar-refractivity contribution is 5.97. The van der Waals surface area contributed by atoms with Crippen molar-refractivity contribution in [3.8, 4) is 11.1 Å².